The van der Waals surface area contributed by atoms with E-state index < -0.39 is 11.7 Å². The van der Waals surface area contributed by atoms with Gasteiger partial charge in [-0.25, -0.2) is 0 Å². The van der Waals surface area contributed by atoms with E-state index >= 15 is 0 Å². The van der Waals surface area contributed by atoms with Crippen LogP contribution in [0, 0.1) is 5.92 Å². The Morgan fingerprint density at radius 3 is 2.23 bits per heavy atom. The van der Waals surface area contributed by atoms with Crippen molar-refractivity contribution < 1.29 is 18.0 Å². The summed E-state index contributed by atoms with van der Waals surface area (Å²) in [5, 5.41) is 3.12. The fraction of sp³-hybridized carbons (Fsp3) is 0.533. The van der Waals surface area contributed by atoms with E-state index in [1.165, 1.54) is 12.1 Å². The zero-order chi connectivity index (χ0) is 15.5. The van der Waals surface area contributed by atoms with E-state index in [2.05, 4.69) is 5.32 Å². The normalized spacial score (nSPS) is 16.3. The van der Waals surface area contributed by atoms with E-state index in [0.717, 1.165) is 31.5 Å². The number of piperidine rings is 1. The van der Waals surface area contributed by atoms with Gasteiger partial charge < -0.3 is 10.2 Å². The molecule has 0 radical (unpaired) electrons. The second kappa shape index (κ2) is 7.83. The average Bonchev–Trinajstić information content (AvgIpc) is 2.47. The summed E-state index contributed by atoms with van der Waals surface area (Å²) in [6.07, 6.45) is -2.52. The van der Waals surface area contributed by atoms with Gasteiger partial charge in [-0.1, -0.05) is 0 Å². The molecule has 1 fully saturated rings. The molecule has 0 bridgehead atoms. The van der Waals surface area contributed by atoms with Crippen molar-refractivity contribution in [2.45, 2.75) is 19.0 Å². The molecule has 1 aliphatic rings. The Morgan fingerprint density at radius 1 is 1.23 bits per heavy atom. The maximum atomic E-state index is 12.5. The molecule has 1 aliphatic heterocycles. The molecule has 1 N–H and O–H groups in total. The van der Waals surface area contributed by atoms with Gasteiger partial charge in [0.2, 0.25) is 0 Å². The lowest BCUT2D eigenvalue weighted by atomic mass is 9.96. The van der Waals surface area contributed by atoms with Gasteiger partial charge in [-0.05, 0) is 56.6 Å². The molecule has 0 aromatic heterocycles. The molecular weight excluding hydrogens is 317 g/mol. The number of hydrogen-bond donors (Lipinski definition) is 1. The highest BCUT2D eigenvalue weighted by Gasteiger charge is 2.30. The Hall–Kier alpha value is -1.27. The third-order valence-electron chi connectivity index (χ3n) is 3.85. The maximum Gasteiger partial charge on any atom is 0.416 e. The van der Waals surface area contributed by atoms with Gasteiger partial charge in [-0.15, -0.1) is 12.4 Å². The van der Waals surface area contributed by atoms with E-state index in [1.807, 2.05) is 7.05 Å². The van der Waals surface area contributed by atoms with Crippen molar-refractivity contribution >= 4 is 18.3 Å². The standard InChI is InChI=1S/C15H19F3N2O.ClH/c1-19-10-11-6-8-20(9-7-11)14(21)12-2-4-13(5-3-12)15(16,17)18;/h2-5,11,19H,6-10H2,1H3;1H. The molecule has 1 saturated heterocycles. The number of benzene rings is 1. The summed E-state index contributed by atoms with van der Waals surface area (Å²) in [4.78, 5) is 14.0. The molecule has 0 spiro atoms. The minimum Gasteiger partial charge on any atom is -0.339 e. The highest BCUT2D eigenvalue weighted by Crippen LogP contribution is 2.29. The zero-order valence-electron chi connectivity index (χ0n) is 12.3. The minimum atomic E-state index is -4.37. The molecular formula is C15H20ClF3N2O. The van der Waals surface area contributed by atoms with Gasteiger partial charge in [0.1, 0.15) is 0 Å². The Labute approximate surface area is 134 Å². The number of halogens is 4. The number of carbonyl (C=O) groups is 1. The van der Waals surface area contributed by atoms with Crippen LogP contribution in [0.2, 0.25) is 0 Å². The molecule has 124 valence electrons. The van der Waals surface area contributed by atoms with Crippen LogP contribution in [0.4, 0.5) is 13.2 Å². The number of rotatable bonds is 3. The first-order chi connectivity index (χ1) is 9.91. The molecule has 1 amide bonds. The summed E-state index contributed by atoms with van der Waals surface area (Å²) in [7, 11) is 1.90. The quantitative estimate of drug-likeness (QED) is 0.919. The Kier molecular flexibility index (Phi) is 6.68. The summed E-state index contributed by atoms with van der Waals surface area (Å²) in [6, 6.07) is 4.43. The number of likely N-dealkylation sites (tertiary alicyclic amines) is 1. The van der Waals surface area contributed by atoms with Gasteiger partial charge in [0.05, 0.1) is 5.56 Å². The third-order valence-corrected chi connectivity index (χ3v) is 3.85. The van der Waals surface area contributed by atoms with Crippen LogP contribution in [0.25, 0.3) is 0 Å². The van der Waals surface area contributed by atoms with Gasteiger partial charge in [0.15, 0.2) is 0 Å². The summed E-state index contributed by atoms with van der Waals surface area (Å²) < 4.78 is 37.5. The number of amides is 1. The number of hydrogen-bond acceptors (Lipinski definition) is 2. The highest BCUT2D eigenvalue weighted by atomic mass is 35.5. The highest BCUT2D eigenvalue weighted by molar-refractivity contribution is 5.94. The fourth-order valence-electron chi connectivity index (χ4n) is 2.61. The fourth-order valence-corrected chi connectivity index (χ4v) is 2.61. The van der Waals surface area contributed by atoms with Crippen LogP contribution in [0.1, 0.15) is 28.8 Å². The summed E-state index contributed by atoms with van der Waals surface area (Å²) in [5.74, 6) is 0.373. The van der Waals surface area contributed by atoms with Gasteiger partial charge in [0, 0.05) is 18.7 Å². The van der Waals surface area contributed by atoms with Crippen molar-refractivity contribution in [3.8, 4) is 0 Å². The van der Waals surface area contributed by atoms with Crippen LogP contribution < -0.4 is 5.32 Å². The first-order valence-corrected chi connectivity index (χ1v) is 7.03. The second-order valence-electron chi connectivity index (χ2n) is 5.37. The van der Waals surface area contributed by atoms with Crippen LogP contribution in [0.5, 0.6) is 0 Å². The number of carbonyl (C=O) groups excluding carboxylic acids is 1. The third kappa shape index (κ3) is 4.61. The van der Waals surface area contributed by atoms with Gasteiger partial charge in [0.25, 0.3) is 5.91 Å². The monoisotopic (exact) mass is 336 g/mol. The van der Waals surface area contributed by atoms with Crippen LogP contribution in [0.15, 0.2) is 24.3 Å². The van der Waals surface area contributed by atoms with Crippen molar-refractivity contribution in [1.82, 2.24) is 10.2 Å². The maximum absolute atomic E-state index is 12.5. The lowest BCUT2D eigenvalue weighted by Gasteiger charge is -2.32. The van der Waals surface area contributed by atoms with Crippen molar-refractivity contribution in [3.63, 3.8) is 0 Å². The molecule has 2 rings (SSSR count). The molecule has 1 aromatic carbocycles. The molecule has 0 saturated carbocycles. The SMILES string of the molecule is CNCC1CCN(C(=O)c2ccc(C(F)(F)F)cc2)CC1.Cl. The largest absolute Gasteiger partial charge is 0.416 e. The van der Waals surface area contributed by atoms with E-state index in [9.17, 15) is 18.0 Å². The number of nitrogens with one attached hydrogen (secondary N) is 1. The van der Waals surface area contributed by atoms with Crippen LogP contribution in [-0.4, -0.2) is 37.5 Å². The molecule has 1 heterocycles. The van der Waals surface area contributed by atoms with Crippen LogP contribution in [0.3, 0.4) is 0 Å². The number of nitrogens with zero attached hydrogens (tertiary/aromatic N) is 1. The van der Waals surface area contributed by atoms with Gasteiger partial charge in [-0.3, -0.25) is 4.79 Å². The van der Waals surface area contributed by atoms with Crippen LogP contribution in [-0.2, 0) is 6.18 Å². The number of alkyl halides is 3. The van der Waals surface area contributed by atoms with Crippen molar-refractivity contribution in [2.75, 3.05) is 26.7 Å². The zero-order valence-corrected chi connectivity index (χ0v) is 13.1. The topological polar surface area (TPSA) is 32.3 Å². The van der Waals surface area contributed by atoms with E-state index in [-0.39, 0.29) is 18.3 Å². The lowest BCUT2D eigenvalue weighted by molar-refractivity contribution is -0.137. The molecule has 7 heteroatoms. The Morgan fingerprint density at radius 2 is 1.77 bits per heavy atom. The summed E-state index contributed by atoms with van der Waals surface area (Å²) in [6.45, 7) is 2.25. The first kappa shape index (κ1) is 18.8. The first-order valence-electron chi connectivity index (χ1n) is 7.03. The van der Waals surface area contributed by atoms with Crippen LogP contribution >= 0.6 is 12.4 Å². The molecule has 0 atom stereocenters. The predicted octanol–water partition coefficient (Wildman–Crippen LogP) is 3.20. The second-order valence-corrected chi connectivity index (χ2v) is 5.37. The van der Waals surface area contributed by atoms with E-state index in [0.29, 0.717) is 24.6 Å². The Balaban J connectivity index is 0.00000242. The molecule has 3 nitrogen and oxygen atoms in total. The molecule has 0 unspecified atom stereocenters. The summed E-state index contributed by atoms with van der Waals surface area (Å²) in [5.41, 5.74) is -0.415. The molecule has 1 aromatic rings. The van der Waals surface area contributed by atoms with Crippen molar-refractivity contribution in [1.29, 1.82) is 0 Å². The Bertz CT molecular complexity index is 483. The summed E-state index contributed by atoms with van der Waals surface area (Å²) >= 11 is 0. The molecule has 22 heavy (non-hydrogen) atoms. The van der Waals surface area contributed by atoms with Gasteiger partial charge >= 0.3 is 6.18 Å². The smallest absolute Gasteiger partial charge is 0.339 e. The predicted molar refractivity (Wildman–Crippen MR) is 81.2 cm³/mol. The minimum absolute atomic E-state index is 0. The van der Waals surface area contributed by atoms with Gasteiger partial charge in [-0.2, -0.15) is 13.2 Å². The lowest BCUT2D eigenvalue weighted by Crippen LogP contribution is -2.40. The average molecular weight is 337 g/mol. The van der Waals surface area contributed by atoms with E-state index in [1.54, 1.807) is 4.90 Å². The van der Waals surface area contributed by atoms with E-state index in [4.69, 9.17) is 0 Å². The van der Waals surface area contributed by atoms with Crippen molar-refractivity contribution in [2.24, 2.45) is 5.92 Å². The molecule has 0 aliphatic carbocycles. The van der Waals surface area contributed by atoms with Crippen molar-refractivity contribution in [3.05, 3.63) is 35.4 Å².